The molecule has 3 N–H and O–H groups in total. The number of rotatable bonds is 2. The molecule has 15 heavy (non-hydrogen) atoms. The number of aliphatic hydroxyl groups excluding tert-OH is 1. The van der Waals surface area contributed by atoms with Gasteiger partial charge >= 0.3 is 6.09 Å². The number of β-amino-alcohol motifs (C(OH)–C–C–N with tert-alkyl or cyclic N) is 1. The summed E-state index contributed by atoms with van der Waals surface area (Å²) in [6, 6.07) is -0.597. The van der Waals surface area contributed by atoms with Gasteiger partial charge in [0.15, 0.2) is 0 Å². The van der Waals surface area contributed by atoms with Gasteiger partial charge in [-0.25, -0.2) is 13.2 Å². The fourth-order valence-corrected chi connectivity index (χ4v) is 2.39. The first-order chi connectivity index (χ1) is 6.80. The van der Waals surface area contributed by atoms with Gasteiger partial charge in [0.1, 0.15) is 0 Å². The molecule has 1 amide bonds. The van der Waals surface area contributed by atoms with Gasteiger partial charge in [-0.05, 0) is 6.42 Å². The fraction of sp³-hybridized carbons (Fsp3) is 0.857. The molecule has 0 aromatic carbocycles. The minimum atomic E-state index is -3.31. The normalized spacial score (nSPS) is 28.7. The van der Waals surface area contributed by atoms with Crippen LogP contribution < -0.4 is 5.32 Å². The number of sulfonamides is 1. The van der Waals surface area contributed by atoms with Crippen LogP contribution in [0.2, 0.25) is 0 Å². The topological polar surface area (TPSA) is 107 Å². The standard InChI is InChI=1S/C7H14N2O5S/c1-15(13,14)9-3-2-5(6(10)4-9)8-7(11)12/h5-6,8,10H,2-4H2,1H3,(H,11,12)/t5-,6-/m1/s1. The predicted molar refractivity (Wildman–Crippen MR) is 52.0 cm³/mol. The Morgan fingerprint density at radius 1 is 1.53 bits per heavy atom. The molecule has 0 unspecified atom stereocenters. The molecule has 1 aliphatic rings. The zero-order valence-corrected chi connectivity index (χ0v) is 9.07. The van der Waals surface area contributed by atoms with Crippen LogP contribution in [-0.2, 0) is 10.0 Å². The lowest BCUT2D eigenvalue weighted by atomic mass is 10.0. The number of hydrogen-bond donors (Lipinski definition) is 3. The molecule has 8 heteroatoms. The second-order valence-corrected chi connectivity index (χ2v) is 5.52. The van der Waals surface area contributed by atoms with Crippen molar-refractivity contribution in [2.45, 2.75) is 18.6 Å². The van der Waals surface area contributed by atoms with Crippen LogP contribution in [0.15, 0.2) is 0 Å². The van der Waals surface area contributed by atoms with E-state index in [4.69, 9.17) is 5.11 Å². The van der Waals surface area contributed by atoms with Crippen LogP contribution in [0.5, 0.6) is 0 Å². The van der Waals surface area contributed by atoms with Crippen LogP contribution in [-0.4, -0.2) is 60.5 Å². The minimum absolute atomic E-state index is 0.0657. The average Bonchev–Trinajstić information content (AvgIpc) is 2.05. The van der Waals surface area contributed by atoms with Crippen LogP contribution in [0.25, 0.3) is 0 Å². The minimum Gasteiger partial charge on any atom is -0.465 e. The lowest BCUT2D eigenvalue weighted by Gasteiger charge is -2.34. The number of aliphatic hydroxyl groups is 1. The Balaban J connectivity index is 2.59. The summed E-state index contributed by atoms with van der Waals surface area (Å²) in [5, 5.41) is 20.1. The summed E-state index contributed by atoms with van der Waals surface area (Å²) in [5.74, 6) is 0. The van der Waals surface area contributed by atoms with Gasteiger partial charge in [0, 0.05) is 13.1 Å². The molecule has 0 aromatic heterocycles. The Morgan fingerprint density at radius 3 is 2.53 bits per heavy atom. The number of amides is 1. The summed E-state index contributed by atoms with van der Waals surface area (Å²) in [6.07, 6.45) is -0.873. The van der Waals surface area contributed by atoms with Gasteiger partial charge < -0.3 is 15.5 Å². The van der Waals surface area contributed by atoms with E-state index < -0.39 is 28.3 Å². The molecule has 0 saturated carbocycles. The molecule has 0 bridgehead atoms. The van der Waals surface area contributed by atoms with Crippen molar-refractivity contribution in [2.75, 3.05) is 19.3 Å². The Morgan fingerprint density at radius 2 is 2.13 bits per heavy atom. The van der Waals surface area contributed by atoms with Gasteiger partial charge in [-0.3, -0.25) is 0 Å². The molecule has 2 atom stereocenters. The van der Waals surface area contributed by atoms with E-state index in [1.54, 1.807) is 0 Å². The van der Waals surface area contributed by atoms with Crippen molar-refractivity contribution < 1.29 is 23.4 Å². The highest BCUT2D eigenvalue weighted by atomic mass is 32.2. The predicted octanol–water partition coefficient (Wildman–Crippen LogP) is -1.35. The van der Waals surface area contributed by atoms with Crippen LogP contribution in [0.4, 0.5) is 4.79 Å². The van der Waals surface area contributed by atoms with Gasteiger partial charge in [0.25, 0.3) is 0 Å². The summed E-state index contributed by atoms with van der Waals surface area (Å²) in [7, 11) is -3.31. The van der Waals surface area contributed by atoms with Gasteiger partial charge in [0.05, 0.1) is 18.4 Å². The molecule has 1 saturated heterocycles. The number of carbonyl (C=O) groups is 1. The summed E-state index contributed by atoms with van der Waals surface area (Å²) >= 11 is 0. The summed E-state index contributed by atoms with van der Waals surface area (Å²) in [6.45, 7) is 0.157. The van der Waals surface area contributed by atoms with Crippen molar-refractivity contribution in [3.05, 3.63) is 0 Å². The van der Waals surface area contributed by atoms with E-state index in [2.05, 4.69) is 5.32 Å². The van der Waals surface area contributed by atoms with E-state index in [9.17, 15) is 18.3 Å². The molecule has 1 rings (SSSR count). The SMILES string of the molecule is CS(=O)(=O)N1CC[C@@H](NC(=O)O)[C@H](O)C1. The van der Waals surface area contributed by atoms with Crippen molar-refractivity contribution in [1.29, 1.82) is 0 Å². The first-order valence-electron chi connectivity index (χ1n) is 4.43. The van der Waals surface area contributed by atoms with E-state index >= 15 is 0 Å². The van der Waals surface area contributed by atoms with Crippen LogP contribution in [0.3, 0.4) is 0 Å². The molecule has 0 aliphatic carbocycles. The van der Waals surface area contributed by atoms with Crippen molar-refractivity contribution in [3.63, 3.8) is 0 Å². The third-order valence-corrected chi connectivity index (χ3v) is 3.59. The molecule has 0 aromatic rings. The number of hydrogen-bond acceptors (Lipinski definition) is 4. The maximum absolute atomic E-state index is 11.1. The highest BCUT2D eigenvalue weighted by Gasteiger charge is 2.32. The Kier molecular flexibility index (Phi) is 3.53. The van der Waals surface area contributed by atoms with E-state index in [0.717, 1.165) is 10.6 Å². The Labute approximate surface area is 87.7 Å². The molecule has 1 fully saturated rings. The van der Waals surface area contributed by atoms with E-state index in [1.807, 2.05) is 0 Å². The number of piperidine rings is 1. The van der Waals surface area contributed by atoms with Crippen molar-refractivity contribution in [3.8, 4) is 0 Å². The van der Waals surface area contributed by atoms with Crippen LogP contribution in [0.1, 0.15) is 6.42 Å². The number of nitrogens with one attached hydrogen (secondary N) is 1. The largest absolute Gasteiger partial charge is 0.465 e. The Bertz CT molecular complexity index is 341. The average molecular weight is 238 g/mol. The third-order valence-electron chi connectivity index (χ3n) is 2.32. The van der Waals surface area contributed by atoms with Gasteiger partial charge in [-0.15, -0.1) is 0 Å². The lowest BCUT2D eigenvalue weighted by molar-refractivity contribution is 0.0711. The van der Waals surface area contributed by atoms with Crippen LogP contribution >= 0.6 is 0 Å². The molecule has 1 heterocycles. The summed E-state index contributed by atoms with van der Waals surface area (Å²) in [5.41, 5.74) is 0. The smallest absolute Gasteiger partial charge is 0.404 e. The van der Waals surface area contributed by atoms with E-state index in [1.165, 1.54) is 0 Å². The van der Waals surface area contributed by atoms with E-state index in [0.29, 0.717) is 0 Å². The number of carboxylic acid groups (broad SMARTS) is 1. The zero-order valence-electron chi connectivity index (χ0n) is 8.25. The fourth-order valence-electron chi connectivity index (χ4n) is 1.53. The van der Waals surface area contributed by atoms with E-state index in [-0.39, 0.29) is 19.5 Å². The molecule has 1 aliphatic heterocycles. The molecule has 7 nitrogen and oxygen atoms in total. The van der Waals surface area contributed by atoms with Crippen molar-refractivity contribution in [1.82, 2.24) is 9.62 Å². The number of nitrogens with zero attached hydrogens (tertiary/aromatic N) is 1. The third kappa shape index (κ3) is 3.33. The summed E-state index contributed by atoms with van der Waals surface area (Å²) < 4.78 is 23.4. The second kappa shape index (κ2) is 4.33. The maximum atomic E-state index is 11.1. The molecule has 0 spiro atoms. The summed E-state index contributed by atoms with van der Waals surface area (Å²) in [4.78, 5) is 10.3. The molecular weight excluding hydrogens is 224 g/mol. The van der Waals surface area contributed by atoms with Gasteiger partial charge in [-0.2, -0.15) is 4.31 Å². The molecule has 88 valence electrons. The second-order valence-electron chi connectivity index (χ2n) is 3.53. The highest BCUT2D eigenvalue weighted by molar-refractivity contribution is 7.88. The quantitative estimate of drug-likeness (QED) is 0.551. The van der Waals surface area contributed by atoms with Gasteiger partial charge in [-0.1, -0.05) is 0 Å². The highest BCUT2D eigenvalue weighted by Crippen LogP contribution is 2.13. The lowest BCUT2D eigenvalue weighted by Crippen LogP contribution is -2.54. The zero-order chi connectivity index (χ0) is 11.6. The monoisotopic (exact) mass is 238 g/mol. The van der Waals surface area contributed by atoms with Gasteiger partial charge in [0.2, 0.25) is 10.0 Å². The maximum Gasteiger partial charge on any atom is 0.404 e. The van der Waals surface area contributed by atoms with Crippen molar-refractivity contribution in [2.24, 2.45) is 0 Å². The van der Waals surface area contributed by atoms with Crippen LogP contribution in [0, 0.1) is 0 Å². The Hall–Kier alpha value is -0.860. The van der Waals surface area contributed by atoms with Crippen molar-refractivity contribution >= 4 is 16.1 Å². The molecule has 0 radical (unpaired) electrons. The first kappa shape index (κ1) is 12.2. The molecular formula is C7H14N2O5S. The first-order valence-corrected chi connectivity index (χ1v) is 6.28.